The molecule has 1 aromatic heterocycles. The van der Waals surface area contributed by atoms with Crippen molar-refractivity contribution < 1.29 is 14.3 Å². The van der Waals surface area contributed by atoms with Crippen LogP contribution in [0.4, 0.5) is 0 Å². The first-order valence-electron chi connectivity index (χ1n) is 11.5. The number of carbonyl (C=O) groups excluding carboxylic acids is 1. The fourth-order valence-corrected chi connectivity index (χ4v) is 5.06. The number of methoxy groups -OCH3 is 1. The highest BCUT2D eigenvalue weighted by atomic mass is 32.1. The predicted molar refractivity (Wildman–Crippen MR) is 132 cm³/mol. The molecule has 0 saturated carbocycles. The van der Waals surface area contributed by atoms with Gasteiger partial charge in [-0.25, -0.2) is 4.98 Å². The second-order valence-electron chi connectivity index (χ2n) is 8.09. The number of amides is 1. The van der Waals surface area contributed by atoms with Crippen molar-refractivity contribution in [2.75, 3.05) is 33.4 Å². The molecule has 1 saturated heterocycles. The first-order chi connectivity index (χ1) is 16.2. The molecule has 0 spiro atoms. The van der Waals surface area contributed by atoms with E-state index in [0.29, 0.717) is 13.2 Å². The van der Waals surface area contributed by atoms with Gasteiger partial charge in [0.25, 0.3) is 0 Å². The van der Waals surface area contributed by atoms with E-state index in [0.717, 1.165) is 40.9 Å². The van der Waals surface area contributed by atoms with Crippen molar-refractivity contribution in [3.05, 3.63) is 65.2 Å². The van der Waals surface area contributed by atoms with Gasteiger partial charge in [-0.2, -0.15) is 0 Å². The summed E-state index contributed by atoms with van der Waals surface area (Å²) in [5.41, 5.74) is 2.94. The second kappa shape index (κ2) is 11.3. The van der Waals surface area contributed by atoms with Crippen LogP contribution in [0.5, 0.6) is 11.5 Å². The lowest BCUT2D eigenvalue weighted by molar-refractivity contribution is -0.120. The largest absolute Gasteiger partial charge is 0.497 e. The van der Waals surface area contributed by atoms with Crippen LogP contribution in [-0.2, 0) is 11.2 Å². The number of para-hydroxylation sites is 1. The molecule has 1 amide bonds. The Labute approximate surface area is 199 Å². The summed E-state index contributed by atoms with van der Waals surface area (Å²) in [7, 11) is 1.67. The number of hydrogen-bond acceptors (Lipinski definition) is 6. The van der Waals surface area contributed by atoms with Crippen molar-refractivity contribution in [3.8, 4) is 22.1 Å². The van der Waals surface area contributed by atoms with Crippen molar-refractivity contribution in [1.82, 2.24) is 15.2 Å². The van der Waals surface area contributed by atoms with Crippen LogP contribution in [0, 0.1) is 0 Å². The molecular weight excluding hydrogens is 434 g/mol. The lowest BCUT2D eigenvalue weighted by Crippen LogP contribution is -2.37. The molecule has 1 fully saturated rings. The average molecular weight is 466 g/mol. The van der Waals surface area contributed by atoms with Crippen LogP contribution in [-0.4, -0.2) is 49.1 Å². The van der Waals surface area contributed by atoms with Crippen LogP contribution < -0.4 is 14.8 Å². The topological polar surface area (TPSA) is 63.7 Å². The Bertz CT molecular complexity index is 1040. The van der Waals surface area contributed by atoms with Crippen LogP contribution in [0.15, 0.2) is 53.9 Å². The molecule has 174 valence electrons. The molecule has 1 unspecified atom stereocenters. The van der Waals surface area contributed by atoms with Crippen LogP contribution in [0.25, 0.3) is 10.6 Å². The summed E-state index contributed by atoms with van der Waals surface area (Å²) in [4.78, 5) is 19.9. The average Bonchev–Trinajstić information content (AvgIpc) is 3.53. The van der Waals surface area contributed by atoms with Crippen LogP contribution >= 0.6 is 11.3 Å². The molecule has 2 aromatic carbocycles. The van der Waals surface area contributed by atoms with Gasteiger partial charge < -0.3 is 14.8 Å². The van der Waals surface area contributed by atoms with E-state index in [1.807, 2.05) is 48.7 Å². The van der Waals surface area contributed by atoms with Crippen molar-refractivity contribution in [2.45, 2.75) is 32.2 Å². The van der Waals surface area contributed by atoms with Gasteiger partial charge in [0.15, 0.2) is 0 Å². The lowest BCUT2D eigenvalue weighted by atomic mass is 10.1. The zero-order valence-corrected chi connectivity index (χ0v) is 20.1. The Balaban J connectivity index is 1.39. The zero-order valence-electron chi connectivity index (χ0n) is 19.3. The Morgan fingerprint density at radius 3 is 2.64 bits per heavy atom. The Morgan fingerprint density at radius 2 is 1.91 bits per heavy atom. The molecule has 6 nitrogen and oxygen atoms in total. The summed E-state index contributed by atoms with van der Waals surface area (Å²) in [5.74, 6) is 1.65. The molecule has 2 heterocycles. The summed E-state index contributed by atoms with van der Waals surface area (Å²) in [6.07, 6.45) is 2.67. The molecule has 7 heteroatoms. The Morgan fingerprint density at radius 1 is 1.15 bits per heavy atom. The number of ether oxygens (including phenoxy) is 2. The van der Waals surface area contributed by atoms with E-state index in [9.17, 15) is 4.79 Å². The molecule has 0 bridgehead atoms. The fraction of sp³-hybridized carbons (Fsp3) is 0.385. The Kier molecular flexibility index (Phi) is 7.96. The first-order valence-corrected chi connectivity index (χ1v) is 12.4. The summed E-state index contributed by atoms with van der Waals surface area (Å²) in [6.45, 7) is 5.26. The van der Waals surface area contributed by atoms with E-state index in [4.69, 9.17) is 14.5 Å². The highest BCUT2D eigenvalue weighted by Gasteiger charge is 2.24. The number of aromatic nitrogens is 1. The van der Waals surface area contributed by atoms with Crippen molar-refractivity contribution in [3.63, 3.8) is 0 Å². The first kappa shape index (κ1) is 23.3. The predicted octanol–water partition coefficient (Wildman–Crippen LogP) is 4.71. The molecule has 1 atom stereocenters. The summed E-state index contributed by atoms with van der Waals surface area (Å²) < 4.78 is 11.0. The van der Waals surface area contributed by atoms with Crippen LogP contribution in [0.1, 0.15) is 37.1 Å². The maximum Gasteiger partial charge on any atom is 0.226 e. The number of rotatable bonds is 10. The third-order valence-electron chi connectivity index (χ3n) is 5.89. The normalized spacial score (nSPS) is 14.7. The van der Waals surface area contributed by atoms with Gasteiger partial charge in [-0.1, -0.05) is 24.3 Å². The number of nitrogens with zero attached hydrogens (tertiary/aromatic N) is 2. The smallest absolute Gasteiger partial charge is 0.226 e. The number of thiazole rings is 1. The highest BCUT2D eigenvalue weighted by molar-refractivity contribution is 7.13. The van der Waals surface area contributed by atoms with E-state index in [2.05, 4.69) is 22.3 Å². The standard InChI is InChI=1S/C26H31N3O3S/c1-3-32-24-9-5-4-8-22(24)26-28-20(18-33-26)16-25(30)27-17-23(29-14-6-7-15-29)19-10-12-21(31-2)13-11-19/h4-5,8-13,18,23H,3,6-7,14-17H2,1-2H3,(H,27,30). The number of carbonyl (C=O) groups is 1. The number of benzene rings is 2. The molecule has 4 rings (SSSR count). The minimum Gasteiger partial charge on any atom is -0.497 e. The number of hydrogen-bond donors (Lipinski definition) is 1. The zero-order chi connectivity index (χ0) is 23.0. The molecular formula is C26H31N3O3S. The van der Waals surface area contributed by atoms with Gasteiger partial charge in [0.2, 0.25) is 5.91 Å². The third-order valence-corrected chi connectivity index (χ3v) is 6.81. The van der Waals surface area contributed by atoms with E-state index in [1.165, 1.54) is 29.7 Å². The Hall–Kier alpha value is -2.90. The number of nitrogens with one attached hydrogen (secondary N) is 1. The highest BCUT2D eigenvalue weighted by Crippen LogP contribution is 2.32. The van der Waals surface area contributed by atoms with E-state index < -0.39 is 0 Å². The molecule has 1 aliphatic rings. The fourth-order valence-electron chi connectivity index (χ4n) is 4.21. The molecule has 0 aliphatic carbocycles. The van der Waals surface area contributed by atoms with Gasteiger partial charge in [0.1, 0.15) is 16.5 Å². The van der Waals surface area contributed by atoms with Crippen LogP contribution in [0.3, 0.4) is 0 Å². The molecule has 33 heavy (non-hydrogen) atoms. The quantitative estimate of drug-likeness (QED) is 0.470. The molecule has 0 radical (unpaired) electrons. The monoisotopic (exact) mass is 465 g/mol. The van der Waals surface area contributed by atoms with Gasteiger partial charge in [-0.3, -0.25) is 9.69 Å². The summed E-state index contributed by atoms with van der Waals surface area (Å²) in [6, 6.07) is 16.2. The maximum atomic E-state index is 12.8. The maximum absolute atomic E-state index is 12.8. The lowest BCUT2D eigenvalue weighted by Gasteiger charge is -2.28. The van der Waals surface area contributed by atoms with E-state index >= 15 is 0 Å². The van der Waals surface area contributed by atoms with Crippen molar-refractivity contribution >= 4 is 17.2 Å². The van der Waals surface area contributed by atoms with Crippen LogP contribution in [0.2, 0.25) is 0 Å². The van der Waals surface area contributed by atoms with Gasteiger partial charge in [0, 0.05) is 11.9 Å². The van der Waals surface area contributed by atoms with E-state index in [1.54, 1.807) is 7.11 Å². The minimum atomic E-state index is -0.0114. The van der Waals surface area contributed by atoms with Gasteiger partial charge in [0.05, 0.1) is 37.4 Å². The van der Waals surface area contributed by atoms with Gasteiger partial charge in [-0.15, -0.1) is 11.3 Å². The molecule has 1 N–H and O–H groups in total. The second-order valence-corrected chi connectivity index (χ2v) is 8.94. The summed E-state index contributed by atoms with van der Waals surface area (Å²) >= 11 is 1.54. The third kappa shape index (κ3) is 5.92. The van der Waals surface area contributed by atoms with E-state index in [-0.39, 0.29) is 18.4 Å². The van der Waals surface area contributed by atoms with Gasteiger partial charge in [-0.05, 0) is 62.7 Å². The van der Waals surface area contributed by atoms with Gasteiger partial charge >= 0.3 is 0 Å². The SMILES string of the molecule is CCOc1ccccc1-c1nc(CC(=O)NCC(c2ccc(OC)cc2)N2CCCC2)cs1. The number of likely N-dealkylation sites (tertiary alicyclic amines) is 1. The molecule has 1 aliphatic heterocycles. The van der Waals surface area contributed by atoms with Crippen molar-refractivity contribution in [2.24, 2.45) is 0 Å². The summed E-state index contributed by atoms with van der Waals surface area (Å²) in [5, 5.41) is 5.97. The minimum absolute atomic E-state index is 0.0114. The molecule has 3 aromatic rings. The van der Waals surface area contributed by atoms with Crippen molar-refractivity contribution in [1.29, 1.82) is 0 Å².